The van der Waals surface area contributed by atoms with Crippen LogP contribution in [0.25, 0.3) is 0 Å². The molecule has 1 aliphatic heterocycles. The van der Waals surface area contributed by atoms with Crippen molar-refractivity contribution in [3.05, 3.63) is 85.4 Å². The highest BCUT2D eigenvalue weighted by Gasteiger charge is 2.01. The monoisotopic (exact) mass is 236 g/mol. The smallest absolute Gasteiger partial charge is 0.0595 e. The molecule has 0 atom stereocenters. The first-order chi connectivity index (χ1) is 8.97. The van der Waals surface area contributed by atoms with Crippen molar-refractivity contribution in [1.29, 1.82) is 0 Å². The Labute approximate surface area is 108 Å². The van der Waals surface area contributed by atoms with Crippen LogP contribution in [-0.4, -0.2) is 11.5 Å². The van der Waals surface area contributed by atoms with Gasteiger partial charge in [0.05, 0.1) is 11.9 Å². The largest absolute Gasteiger partial charge is 0.343 e. The third kappa shape index (κ3) is 3.91. The van der Waals surface area contributed by atoms with E-state index in [0.29, 0.717) is 0 Å². The van der Waals surface area contributed by atoms with Gasteiger partial charge in [-0.25, -0.2) is 0 Å². The number of anilines is 1. The van der Waals surface area contributed by atoms with Crippen molar-refractivity contribution in [2.75, 3.05) is 11.4 Å². The normalized spacial score (nSPS) is 12.8. The molecular formula is C16H16N2. The van der Waals surface area contributed by atoms with Crippen LogP contribution >= 0.6 is 0 Å². The Morgan fingerprint density at radius 2 is 1.61 bits per heavy atom. The molecule has 1 aliphatic rings. The number of aromatic nitrogens is 1. The van der Waals surface area contributed by atoms with Crippen molar-refractivity contribution in [2.45, 2.75) is 0 Å². The zero-order chi connectivity index (χ0) is 12.5. The van der Waals surface area contributed by atoms with Crippen molar-refractivity contribution in [3.63, 3.8) is 0 Å². The lowest BCUT2D eigenvalue weighted by atomic mass is 10.3. The lowest BCUT2D eigenvalue weighted by Gasteiger charge is -2.19. The summed E-state index contributed by atoms with van der Waals surface area (Å²) in [7, 11) is 0. The van der Waals surface area contributed by atoms with E-state index >= 15 is 0 Å². The second kappa shape index (κ2) is 7.07. The fourth-order valence-corrected chi connectivity index (χ4v) is 1.57. The Kier molecular flexibility index (Phi) is 4.76. The van der Waals surface area contributed by atoms with Gasteiger partial charge in [-0.2, -0.15) is 0 Å². The molecule has 0 aliphatic carbocycles. The first-order valence-electron chi connectivity index (χ1n) is 5.97. The van der Waals surface area contributed by atoms with E-state index < -0.39 is 0 Å². The van der Waals surface area contributed by atoms with E-state index in [4.69, 9.17) is 0 Å². The maximum absolute atomic E-state index is 4.06. The van der Waals surface area contributed by atoms with Crippen LogP contribution in [0.1, 0.15) is 0 Å². The standard InChI is InChI=1S/C10H10N2.C6H6/c1-2-7-12(8-3-1)10-5-4-6-11-9-10;1-2-4-6-5-3-1/h1-7,9H,8H2;1-6H. The molecule has 0 saturated heterocycles. The Morgan fingerprint density at radius 3 is 2.11 bits per heavy atom. The van der Waals surface area contributed by atoms with Crippen LogP contribution in [0.3, 0.4) is 0 Å². The number of benzene rings is 1. The lowest BCUT2D eigenvalue weighted by molar-refractivity contribution is 1.06. The Bertz CT molecular complexity index is 462. The summed E-state index contributed by atoms with van der Waals surface area (Å²) in [6.07, 6.45) is 11.9. The summed E-state index contributed by atoms with van der Waals surface area (Å²) in [4.78, 5) is 6.21. The van der Waals surface area contributed by atoms with E-state index in [1.807, 2.05) is 60.8 Å². The summed E-state index contributed by atoms with van der Waals surface area (Å²) in [6.45, 7) is 0.933. The maximum Gasteiger partial charge on any atom is 0.0595 e. The van der Waals surface area contributed by atoms with E-state index in [1.165, 1.54) is 0 Å². The van der Waals surface area contributed by atoms with Gasteiger partial charge in [-0.05, 0) is 18.2 Å². The van der Waals surface area contributed by atoms with E-state index in [-0.39, 0.29) is 0 Å². The van der Waals surface area contributed by atoms with E-state index in [1.54, 1.807) is 6.20 Å². The van der Waals surface area contributed by atoms with Gasteiger partial charge in [0, 0.05) is 18.9 Å². The minimum Gasteiger partial charge on any atom is -0.343 e. The van der Waals surface area contributed by atoms with Crippen LogP contribution in [0.15, 0.2) is 85.4 Å². The molecular weight excluding hydrogens is 220 g/mol. The summed E-state index contributed by atoms with van der Waals surface area (Å²) in [6, 6.07) is 16.0. The second-order valence-corrected chi connectivity index (χ2v) is 3.79. The predicted molar refractivity (Wildman–Crippen MR) is 76.3 cm³/mol. The SMILES string of the molecule is C1=CCN(c2cccnc2)C=C1.c1ccccc1. The molecule has 2 heterocycles. The van der Waals surface area contributed by atoms with Crippen LogP contribution in [0.4, 0.5) is 5.69 Å². The van der Waals surface area contributed by atoms with Gasteiger partial charge in [-0.3, -0.25) is 4.98 Å². The summed E-state index contributed by atoms with van der Waals surface area (Å²) in [5.41, 5.74) is 1.14. The average molecular weight is 236 g/mol. The second-order valence-electron chi connectivity index (χ2n) is 3.79. The van der Waals surface area contributed by atoms with Crippen LogP contribution < -0.4 is 4.90 Å². The number of rotatable bonds is 1. The minimum absolute atomic E-state index is 0.933. The molecule has 1 aromatic carbocycles. The van der Waals surface area contributed by atoms with Crippen molar-refractivity contribution in [3.8, 4) is 0 Å². The van der Waals surface area contributed by atoms with Crippen molar-refractivity contribution in [2.24, 2.45) is 0 Å². The number of nitrogens with zero attached hydrogens (tertiary/aromatic N) is 2. The highest BCUT2D eigenvalue weighted by atomic mass is 15.1. The topological polar surface area (TPSA) is 16.1 Å². The highest BCUT2D eigenvalue weighted by Crippen LogP contribution is 2.13. The van der Waals surface area contributed by atoms with Gasteiger partial charge < -0.3 is 4.90 Å². The third-order valence-electron chi connectivity index (χ3n) is 2.46. The molecule has 90 valence electrons. The minimum atomic E-state index is 0.933. The van der Waals surface area contributed by atoms with Gasteiger partial charge in [-0.1, -0.05) is 48.6 Å². The molecule has 3 rings (SSSR count). The molecule has 0 saturated carbocycles. The molecule has 0 radical (unpaired) electrons. The highest BCUT2D eigenvalue weighted by molar-refractivity contribution is 5.49. The van der Waals surface area contributed by atoms with Gasteiger partial charge >= 0.3 is 0 Å². The van der Waals surface area contributed by atoms with Crippen LogP contribution in [0.2, 0.25) is 0 Å². The first-order valence-corrected chi connectivity index (χ1v) is 5.97. The Morgan fingerprint density at radius 1 is 0.889 bits per heavy atom. The lowest BCUT2D eigenvalue weighted by Crippen LogP contribution is -2.17. The predicted octanol–water partition coefficient (Wildman–Crippen LogP) is 3.66. The summed E-state index contributed by atoms with van der Waals surface area (Å²) in [5.74, 6) is 0. The van der Waals surface area contributed by atoms with Crippen molar-refractivity contribution in [1.82, 2.24) is 4.98 Å². The third-order valence-corrected chi connectivity index (χ3v) is 2.46. The molecule has 0 amide bonds. The molecule has 18 heavy (non-hydrogen) atoms. The molecule has 2 heteroatoms. The van der Waals surface area contributed by atoms with Crippen LogP contribution in [0.5, 0.6) is 0 Å². The zero-order valence-electron chi connectivity index (χ0n) is 10.2. The number of allylic oxidation sites excluding steroid dienone is 2. The number of hydrogen-bond acceptors (Lipinski definition) is 2. The van der Waals surface area contributed by atoms with Gasteiger partial charge in [0.2, 0.25) is 0 Å². The van der Waals surface area contributed by atoms with Crippen molar-refractivity contribution >= 4 is 5.69 Å². The summed E-state index contributed by atoms with van der Waals surface area (Å²) in [5, 5.41) is 0. The molecule has 0 N–H and O–H groups in total. The van der Waals surface area contributed by atoms with Gasteiger partial charge in [0.1, 0.15) is 0 Å². The van der Waals surface area contributed by atoms with Crippen LogP contribution in [-0.2, 0) is 0 Å². The molecule has 2 aromatic rings. The van der Waals surface area contributed by atoms with E-state index in [2.05, 4.69) is 28.2 Å². The Balaban J connectivity index is 0.000000169. The number of hydrogen-bond donors (Lipinski definition) is 0. The van der Waals surface area contributed by atoms with Crippen LogP contribution in [0, 0.1) is 0 Å². The van der Waals surface area contributed by atoms with Crippen molar-refractivity contribution < 1.29 is 0 Å². The quantitative estimate of drug-likeness (QED) is 0.751. The van der Waals surface area contributed by atoms with Gasteiger partial charge in [0.15, 0.2) is 0 Å². The number of pyridine rings is 1. The van der Waals surface area contributed by atoms with Gasteiger partial charge in [-0.15, -0.1) is 0 Å². The van der Waals surface area contributed by atoms with E-state index in [0.717, 1.165) is 12.2 Å². The van der Waals surface area contributed by atoms with E-state index in [9.17, 15) is 0 Å². The fraction of sp³-hybridized carbons (Fsp3) is 0.0625. The Hall–Kier alpha value is -2.35. The maximum atomic E-state index is 4.06. The molecule has 0 bridgehead atoms. The average Bonchev–Trinajstić information content (AvgIpc) is 2.51. The first kappa shape index (κ1) is 12.1. The summed E-state index contributed by atoms with van der Waals surface area (Å²) < 4.78 is 0. The molecule has 0 unspecified atom stereocenters. The molecule has 0 spiro atoms. The molecule has 0 fully saturated rings. The fourth-order valence-electron chi connectivity index (χ4n) is 1.57. The van der Waals surface area contributed by atoms with Gasteiger partial charge in [0.25, 0.3) is 0 Å². The zero-order valence-corrected chi connectivity index (χ0v) is 10.2. The molecule has 2 nitrogen and oxygen atoms in total. The summed E-state index contributed by atoms with van der Waals surface area (Å²) >= 11 is 0. The molecule has 1 aromatic heterocycles.